The molecule has 0 spiro atoms. The number of para-hydroxylation sites is 1. The van der Waals surface area contributed by atoms with Crippen LogP contribution >= 0.6 is 15.9 Å². The van der Waals surface area contributed by atoms with Crippen LogP contribution in [0.15, 0.2) is 53.0 Å². The van der Waals surface area contributed by atoms with Gasteiger partial charge >= 0.3 is 5.97 Å². The fourth-order valence-corrected chi connectivity index (χ4v) is 2.42. The monoisotopic (exact) mass is 448 g/mol. The SMILES string of the molecule is CCCNC(=O)COC(=O)c1ccccc1OCC(=O)Nc1ccc(Br)cc1. The Labute approximate surface area is 171 Å². The van der Waals surface area contributed by atoms with Gasteiger partial charge in [-0.3, -0.25) is 9.59 Å². The maximum Gasteiger partial charge on any atom is 0.342 e. The largest absolute Gasteiger partial charge is 0.483 e. The lowest BCUT2D eigenvalue weighted by molar-refractivity contribution is -0.124. The quantitative estimate of drug-likeness (QED) is 0.574. The fourth-order valence-electron chi connectivity index (χ4n) is 2.16. The first kappa shape index (κ1) is 21.4. The second kappa shape index (κ2) is 11.1. The molecule has 148 valence electrons. The highest BCUT2D eigenvalue weighted by molar-refractivity contribution is 9.10. The van der Waals surface area contributed by atoms with Gasteiger partial charge in [-0.1, -0.05) is 35.0 Å². The first-order valence-electron chi connectivity index (χ1n) is 8.70. The molecule has 2 aromatic rings. The molecule has 0 fully saturated rings. The number of carbonyl (C=O) groups is 3. The van der Waals surface area contributed by atoms with Gasteiger partial charge in [0.2, 0.25) is 0 Å². The zero-order chi connectivity index (χ0) is 20.4. The number of benzene rings is 2. The summed E-state index contributed by atoms with van der Waals surface area (Å²) in [4.78, 5) is 35.8. The lowest BCUT2D eigenvalue weighted by Gasteiger charge is -2.11. The second-order valence-electron chi connectivity index (χ2n) is 5.77. The number of amides is 2. The third-order valence-electron chi connectivity index (χ3n) is 3.50. The van der Waals surface area contributed by atoms with E-state index in [2.05, 4.69) is 26.6 Å². The summed E-state index contributed by atoms with van der Waals surface area (Å²) in [5.41, 5.74) is 0.768. The summed E-state index contributed by atoms with van der Waals surface area (Å²) >= 11 is 3.32. The highest BCUT2D eigenvalue weighted by Gasteiger charge is 2.16. The molecular formula is C20H21BrN2O5. The van der Waals surface area contributed by atoms with Gasteiger partial charge in [0, 0.05) is 16.7 Å². The van der Waals surface area contributed by atoms with E-state index in [0.717, 1.165) is 10.9 Å². The molecule has 0 unspecified atom stereocenters. The van der Waals surface area contributed by atoms with E-state index in [-0.39, 0.29) is 36.3 Å². The van der Waals surface area contributed by atoms with Crippen LogP contribution in [0.3, 0.4) is 0 Å². The third kappa shape index (κ3) is 7.03. The van der Waals surface area contributed by atoms with Gasteiger partial charge < -0.3 is 20.1 Å². The molecule has 0 saturated heterocycles. The van der Waals surface area contributed by atoms with Crippen molar-refractivity contribution in [3.63, 3.8) is 0 Å². The number of ether oxygens (including phenoxy) is 2. The summed E-state index contributed by atoms with van der Waals surface area (Å²) in [5.74, 6) is -1.24. The Balaban J connectivity index is 1.90. The van der Waals surface area contributed by atoms with Crippen molar-refractivity contribution in [3.05, 3.63) is 58.6 Å². The summed E-state index contributed by atoms with van der Waals surface area (Å²) in [7, 11) is 0. The molecule has 0 saturated carbocycles. The summed E-state index contributed by atoms with van der Waals surface area (Å²) < 4.78 is 11.4. The van der Waals surface area contributed by atoms with Gasteiger partial charge in [0.15, 0.2) is 13.2 Å². The van der Waals surface area contributed by atoms with Crippen LogP contribution in [-0.2, 0) is 14.3 Å². The summed E-state index contributed by atoms with van der Waals surface area (Å²) in [5, 5.41) is 5.31. The molecule has 0 aliphatic heterocycles. The van der Waals surface area contributed by atoms with E-state index in [1.54, 1.807) is 42.5 Å². The maximum atomic E-state index is 12.2. The molecule has 2 amide bonds. The fraction of sp³-hybridized carbons (Fsp3) is 0.250. The standard InChI is InChI=1S/C20H21BrN2O5/c1-2-11-22-18(24)12-28-20(26)16-5-3-4-6-17(16)27-13-19(25)23-15-9-7-14(21)8-10-15/h3-10H,2,11-13H2,1H3,(H,22,24)(H,23,25). The maximum absolute atomic E-state index is 12.2. The van der Waals surface area contributed by atoms with Crippen molar-refractivity contribution in [2.75, 3.05) is 25.1 Å². The Morgan fingerprint density at radius 2 is 1.68 bits per heavy atom. The molecular weight excluding hydrogens is 428 g/mol. The normalized spacial score (nSPS) is 10.1. The van der Waals surface area contributed by atoms with Crippen LogP contribution in [0.5, 0.6) is 5.75 Å². The lowest BCUT2D eigenvalue weighted by atomic mass is 10.2. The highest BCUT2D eigenvalue weighted by atomic mass is 79.9. The molecule has 0 radical (unpaired) electrons. The smallest absolute Gasteiger partial charge is 0.342 e. The van der Waals surface area contributed by atoms with Crippen LogP contribution in [-0.4, -0.2) is 37.5 Å². The Morgan fingerprint density at radius 1 is 0.964 bits per heavy atom. The number of halogens is 1. The van der Waals surface area contributed by atoms with Crippen molar-refractivity contribution in [3.8, 4) is 5.75 Å². The van der Waals surface area contributed by atoms with Crippen molar-refractivity contribution in [2.24, 2.45) is 0 Å². The van der Waals surface area contributed by atoms with Crippen molar-refractivity contribution in [1.82, 2.24) is 5.32 Å². The average molecular weight is 449 g/mol. The topological polar surface area (TPSA) is 93.7 Å². The number of carbonyl (C=O) groups excluding carboxylic acids is 3. The van der Waals surface area contributed by atoms with E-state index >= 15 is 0 Å². The van der Waals surface area contributed by atoms with Gasteiger partial charge in [0.1, 0.15) is 11.3 Å². The van der Waals surface area contributed by atoms with E-state index in [1.807, 2.05) is 6.92 Å². The molecule has 0 aliphatic rings. The molecule has 0 heterocycles. The van der Waals surface area contributed by atoms with Crippen LogP contribution in [0.1, 0.15) is 23.7 Å². The van der Waals surface area contributed by atoms with Gasteiger partial charge in [-0.2, -0.15) is 0 Å². The van der Waals surface area contributed by atoms with Crippen LogP contribution < -0.4 is 15.4 Å². The molecule has 2 rings (SSSR count). The van der Waals surface area contributed by atoms with E-state index in [0.29, 0.717) is 12.2 Å². The number of nitrogens with one attached hydrogen (secondary N) is 2. The minimum atomic E-state index is -0.699. The molecule has 0 aliphatic carbocycles. The Kier molecular flexibility index (Phi) is 8.48. The number of hydrogen-bond donors (Lipinski definition) is 2. The molecule has 7 nitrogen and oxygen atoms in total. The second-order valence-corrected chi connectivity index (χ2v) is 6.68. The van der Waals surface area contributed by atoms with Crippen LogP contribution in [0.2, 0.25) is 0 Å². The molecule has 2 aromatic carbocycles. The molecule has 2 N–H and O–H groups in total. The van der Waals surface area contributed by atoms with E-state index in [1.165, 1.54) is 6.07 Å². The summed E-state index contributed by atoms with van der Waals surface area (Å²) in [6, 6.07) is 13.5. The first-order valence-corrected chi connectivity index (χ1v) is 9.50. The van der Waals surface area contributed by atoms with Crippen molar-refractivity contribution in [2.45, 2.75) is 13.3 Å². The van der Waals surface area contributed by atoms with Crippen LogP contribution in [0.25, 0.3) is 0 Å². The average Bonchev–Trinajstić information content (AvgIpc) is 2.70. The highest BCUT2D eigenvalue weighted by Crippen LogP contribution is 2.19. The van der Waals surface area contributed by atoms with E-state index in [4.69, 9.17) is 9.47 Å². The zero-order valence-electron chi connectivity index (χ0n) is 15.4. The van der Waals surface area contributed by atoms with Crippen molar-refractivity contribution >= 4 is 39.4 Å². The Hall–Kier alpha value is -2.87. The van der Waals surface area contributed by atoms with Gasteiger partial charge in [-0.25, -0.2) is 4.79 Å². The Morgan fingerprint density at radius 3 is 2.39 bits per heavy atom. The van der Waals surface area contributed by atoms with E-state index < -0.39 is 5.97 Å². The summed E-state index contributed by atoms with van der Waals surface area (Å²) in [6.07, 6.45) is 0.790. The first-order chi connectivity index (χ1) is 13.5. The van der Waals surface area contributed by atoms with Crippen LogP contribution in [0, 0.1) is 0 Å². The van der Waals surface area contributed by atoms with Gasteiger partial charge in [0.25, 0.3) is 11.8 Å². The molecule has 0 atom stereocenters. The lowest BCUT2D eigenvalue weighted by Crippen LogP contribution is -2.29. The predicted molar refractivity (Wildman–Crippen MR) is 108 cm³/mol. The summed E-state index contributed by atoms with van der Waals surface area (Å²) in [6.45, 7) is 1.78. The van der Waals surface area contributed by atoms with Crippen LogP contribution in [0.4, 0.5) is 5.69 Å². The van der Waals surface area contributed by atoms with E-state index in [9.17, 15) is 14.4 Å². The van der Waals surface area contributed by atoms with Gasteiger partial charge in [-0.05, 0) is 42.8 Å². The zero-order valence-corrected chi connectivity index (χ0v) is 17.0. The molecule has 0 bridgehead atoms. The molecule has 8 heteroatoms. The van der Waals surface area contributed by atoms with Crippen molar-refractivity contribution in [1.29, 1.82) is 0 Å². The predicted octanol–water partition coefficient (Wildman–Crippen LogP) is 3.15. The number of esters is 1. The Bertz CT molecular complexity index is 824. The number of rotatable bonds is 9. The van der Waals surface area contributed by atoms with Gasteiger partial charge in [-0.15, -0.1) is 0 Å². The van der Waals surface area contributed by atoms with Crippen molar-refractivity contribution < 1.29 is 23.9 Å². The molecule has 28 heavy (non-hydrogen) atoms. The number of anilines is 1. The third-order valence-corrected chi connectivity index (χ3v) is 4.03. The van der Waals surface area contributed by atoms with Gasteiger partial charge in [0.05, 0.1) is 0 Å². The molecule has 0 aromatic heterocycles. The minimum Gasteiger partial charge on any atom is -0.483 e. The number of hydrogen-bond acceptors (Lipinski definition) is 5. The minimum absolute atomic E-state index is 0.141.